The third-order valence-electron chi connectivity index (χ3n) is 5.24. The van der Waals surface area contributed by atoms with E-state index in [1.165, 1.54) is 12.1 Å². The molecule has 1 saturated heterocycles. The molecule has 0 aliphatic carbocycles. The first-order valence-corrected chi connectivity index (χ1v) is 11.8. The van der Waals surface area contributed by atoms with E-state index >= 15 is 0 Å². The molecule has 38 heavy (non-hydrogen) atoms. The van der Waals surface area contributed by atoms with Gasteiger partial charge in [-0.2, -0.15) is 4.68 Å². The van der Waals surface area contributed by atoms with E-state index in [2.05, 4.69) is 15.7 Å². The maximum Gasteiger partial charge on any atom is 0.504 e. The van der Waals surface area contributed by atoms with Crippen molar-refractivity contribution in [3.63, 3.8) is 0 Å². The lowest BCUT2D eigenvalue weighted by molar-refractivity contribution is -0.212. The predicted octanol–water partition coefficient (Wildman–Crippen LogP) is 4.05. The Kier molecular flexibility index (Phi) is 8.75. The number of hydrogen-bond donors (Lipinski definition) is 2. The molecule has 3 amide bonds. The molecule has 15 heteroatoms. The Hall–Kier alpha value is -3.55. The summed E-state index contributed by atoms with van der Waals surface area (Å²) in [6.45, 7) is 4.32. The number of anilines is 1. The van der Waals surface area contributed by atoms with Crippen LogP contribution in [0.2, 0.25) is 5.02 Å². The van der Waals surface area contributed by atoms with Crippen LogP contribution in [0, 0.1) is 5.82 Å². The van der Waals surface area contributed by atoms with Crippen LogP contribution in [0.25, 0.3) is 0 Å². The van der Waals surface area contributed by atoms with Gasteiger partial charge >= 0.3 is 12.4 Å². The largest absolute Gasteiger partial charge is 0.504 e. The van der Waals surface area contributed by atoms with E-state index in [9.17, 15) is 31.9 Å². The van der Waals surface area contributed by atoms with Crippen LogP contribution in [0.5, 0.6) is 5.75 Å². The Labute approximate surface area is 220 Å². The summed E-state index contributed by atoms with van der Waals surface area (Å²) in [7, 11) is 0. The molecule has 0 spiro atoms. The van der Waals surface area contributed by atoms with Gasteiger partial charge in [0, 0.05) is 30.9 Å². The summed E-state index contributed by atoms with van der Waals surface area (Å²) >= 11 is 5.62. The maximum absolute atomic E-state index is 13.6. The van der Waals surface area contributed by atoms with Crippen LogP contribution in [-0.2, 0) is 20.6 Å². The van der Waals surface area contributed by atoms with Gasteiger partial charge in [-0.15, -0.1) is 18.3 Å². The zero-order valence-corrected chi connectivity index (χ0v) is 21.4. The lowest BCUT2D eigenvalue weighted by Crippen LogP contribution is -2.58. The highest BCUT2D eigenvalue weighted by Crippen LogP contribution is 2.25. The highest BCUT2D eigenvalue weighted by Gasteiger charge is 2.39. The fraction of sp³-hybridized carbons (Fsp3) is 0.478. The molecule has 1 aliphatic heterocycles. The lowest BCUT2D eigenvalue weighted by atomic mass is 9.97. The molecule has 0 saturated carbocycles. The number of carbonyl (C=O) groups is 3. The minimum Gasteiger partial charge on any atom is -0.484 e. The van der Waals surface area contributed by atoms with Crippen molar-refractivity contribution in [3.05, 3.63) is 41.3 Å². The van der Waals surface area contributed by atoms with Gasteiger partial charge in [-0.05, 0) is 45.7 Å². The zero-order chi connectivity index (χ0) is 28.3. The maximum atomic E-state index is 13.6. The lowest BCUT2D eigenvalue weighted by Gasteiger charge is -2.39. The Morgan fingerprint density at radius 3 is 2.47 bits per heavy atom. The van der Waals surface area contributed by atoms with Crippen LogP contribution in [0.1, 0.15) is 33.6 Å². The minimum absolute atomic E-state index is 0.0687. The van der Waals surface area contributed by atoms with Crippen molar-refractivity contribution in [1.29, 1.82) is 0 Å². The second-order valence-corrected chi connectivity index (χ2v) is 9.86. The standard InChI is InChI=1S/C23H26ClF4N5O5/c1-22(2,3)38-21(36)32-11-13(29-19(34)12-37-14-5-6-15(24)16(25)10-14)4-7-17(32)20(35)30-18-8-9-33(31-18)23(26,27)28/h5-6,8-10,13,17H,4,7,11-12H2,1-3H3,(H,29,34)(H,30,31,35). The molecule has 208 valence electrons. The molecule has 1 aliphatic rings. The summed E-state index contributed by atoms with van der Waals surface area (Å²) in [6.07, 6.45) is -4.62. The summed E-state index contributed by atoms with van der Waals surface area (Å²) in [6, 6.07) is 2.99. The number of aromatic nitrogens is 2. The molecular formula is C23H26ClF4N5O5. The number of amides is 3. The fourth-order valence-electron chi connectivity index (χ4n) is 3.61. The van der Waals surface area contributed by atoms with Gasteiger partial charge in [-0.25, -0.2) is 9.18 Å². The third-order valence-corrected chi connectivity index (χ3v) is 5.55. The first-order valence-electron chi connectivity index (χ1n) is 11.4. The van der Waals surface area contributed by atoms with E-state index in [1.54, 1.807) is 20.8 Å². The van der Waals surface area contributed by atoms with Crippen LogP contribution >= 0.6 is 11.6 Å². The Morgan fingerprint density at radius 1 is 1.16 bits per heavy atom. The van der Waals surface area contributed by atoms with Crippen LogP contribution < -0.4 is 15.4 Å². The predicted molar refractivity (Wildman–Crippen MR) is 127 cm³/mol. The summed E-state index contributed by atoms with van der Waals surface area (Å²) < 4.78 is 62.4. The molecule has 1 aromatic carbocycles. The highest BCUT2D eigenvalue weighted by molar-refractivity contribution is 6.30. The highest BCUT2D eigenvalue weighted by atomic mass is 35.5. The van der Waals surface area contributed by atoms with Gasteiger partial charge in [0.25, 0.3) is 5.91 Å². The third kappa shape index (κ3) is 7.97. The summed E-state index contributed by atoms with van der Waals surface area (Å²) in [4.78, 5) is 39.3. The monoisotopic (exact) mass is 563 g/mol. The molecule has 1 fully saturated rings. The first-order chi connectivity index (χ1) is 17.6. The number of hydrogen-bond acceptors (Lipinski definition) is 6. The van der Waals surface area contributed by atoms with Gasteiger partial charge in [-0.1, -0.05) is 11.6 Å². The number of carbonyl (C=O) groups excluding carboxylic acids is 3. The van der Waals surface area contributed by atoms with Crippen molar-refractivity contribution in [2.24, 2.45) is 0 Å². The van der Waals surface area contributed by atoms with Crippen molar-refractivity contribution in [3.8, 4) is 5.75 Å². The molecule has 2 unspecified atom stereocenters. The molecule has 1 aromatic heterocycles. The molecule has 2 N–H and O–H groups in total. The summed E-state index contributed by atoms with van der Waals surface area (Å²) in [5.74, 6) is -2.29. The van der Waals surface area contributed by atoms with Crippen LogP contribution in [0.15, 0.2) is 30.5 Å². The number of halogens is 5. The normalized spacial score (nSPS) is 18.1. The smallest absolute Gasteiger partial charge is 0.484 e. The second-order valence-electron chi connectivity index (χ2n) is 9.46. The van der Waals surface area contributed by atoms with E-state index in [1.807, 2.05) is 0 Å². The van der Waals surface area contributed by atoms with E-state index in [0.717, 1.165) is 17.0 Å². The van der Waals surface area contributed by atoms with Crippen LogP contribution in [-0.4, -0.2) is 63.4 Å². The SMILES string of the molecule is CC(C)(C)OC(=O)N1CC(NC(=O)COc2ccc(Cl)c(F)c2)CCC1C(=O)Nc1ccn(C(F)(F)F)n1. The molecule has 2 atom stereocenters. The van der Waals surface area contributed by atoms with Gasteiger partial charge < -0.3 is 20.1 Å². The molecule has 0 bridgehead atoms. The Bertz CT molecular complexity index is 1180. The van der Waals surface area contributed by atoms with E-state index < -0.39 is 54.3 Å². The fourth-order valence-corrected chi connectivity index (χ4v) is 3.73. The number of likely N-dealkylation sites (tertiary alicyclic amines) is 1. The van der Waals surface area contributed by atoms with Crippen molar-refractivity contribution in [2.45, 2.75) is 57.6 Å². The number of alkyl halides is 3. The van der Waals surface area contributed by atoms with E-state index in [0.29, 0.717) is 6.20 Å². The zero-order valence-electron chi connectivity index (χ0n) is 20.6. The first kappa shape index (κ1) is 29.0. The van der Waals surface area contributed by atoms with Crippen molar-refractivity contribution in [2.75, 3.05) is 18.5 Å². The number of ether oxygens (including phenoxy) is 2. The Morgan fingerprint density at radius 2 is 1.87 bits per heavy atom. The molecule has 3 rings (SSSR count). The number of nitrogens with zero attached hydrogens (tertiary/aromatic N) is 3. The van der Waals surface area contributed by atoms with Crippen LogP contribution in [0.4, 0.5) is 28.2 Å². The van der Waals surface area contributed by atoms with Gasteiger partial charge in [-0.3, -0.25) is 14.5 Å². The minimum atomic E-state index is -4.76. The molecule has 2 heterocycles. The number of piperidine rings is 1. The van der Waals surface area contributed by atoms with E-state index in [-0.39, 0.29) is 40.7 Å². The average Bonchev–Trinajstić information content (AvgIpc) is 3.28. The molecule has 2 aromatic rings. The number of rotatable bonds is 6. The van der Waals surface area contributed by atoms with Crippen molar-refractivity contribution in [1.82, 2.24) is 20.0 Å². The quantitative estimate of drug-likeness (QED) is 0.513. The summed E-state index contributed by atoms with van der Waals surface area (Å²) in [5, 5.41) is 8.15. The van der Waals surface area contributed by atoms with Gasteiger partial charge in [0.15, 0.2) is 12.4 Å². The van der Waals surface area contributed by atoms with Crippen molar-refractivity contribution < 1.29 is 41.4 Å². The number of nitrogens with one attached hydrogen (secondary N) is 2. The van der Waals surface area contributed by atoms with E-state index in [4.69, 9.17) is 21.1 Å². The number of benzene rings is 1. The van der Waals surface area contributed by atoms with Gasteiger partial charge in [0.2, 0.25) is 5.91 Å². The van der Waals surface area contributed by atoms with Gasteiger partial charge in [0.1, 0.15) is 23.2 Å². The average molecular weight is 564 g/mol. The second kappa shape index (κ2) is 11.5. The summed E-state index contributed by atoms with van der Waals surface area (Å²) in [5.41, 5.74) is -0.901. The Balaban J connectivity index is 1.65. The van der Waals surface area contributed by atoms with Crippen LogP contribution in [0.3, 0.4) is 0 Å². The van der Waals surface area contributed by atoms with Crippen molar-refractivity contribution >= 4 is 35.3 Å². The topological polar surface area (TPSA) is 115 Å². The molecular weight excluding hydrogens is 538 g/mol. The molecule has 0 radical (unpaired) electrons. The van der Waals surface area contributed by atoms with Gasteiger partial charge in [0.05, 0.1) is 5.02 Å². The molecule has 10 nitrogen and oxygen atoms in total.